The molecule has 21 heavy (non-hydrogen) atoms. The Morgan fingerprint density at radius 2 is 2.05 bits per heavy atom. The second kappa shape index (κ2) is 6.19. The van der Waals surface area contributed by atoms with E-state index in [9.17, 15) is 9.59 Å². The zero-order chi connectivity index (χ0) is 15.4. The Kier molecular flexibility index (Phi) is 4.34. The van der Waals surface area contributed by atoms with E-state index in [1.54, 1.807) is 11.6 Å². The third-order valence-corrected chi connectivity index (χ3v) is 3.00. The van der Waals surface area contributed by atoms with Crippen molar-refractivity contribution >= 4 is 29.6 Å². The molecule has 2 aromatic rings. The van der Waals surface area contributed by atoms with Crippen molar-refractivity contribution < 1.29 is 9.59 Å². The summed E-state index contributed by atoms with van der Waals surface area (Å²) in [6, 6.07) is 9.32. The Bertz CT molecular complexity index is 709. The number of amides is 2. The van der Waals surface area contributed by atoms with Crippen molar-refractivity contribution in [3.63, 3.8) is 0 Å². The number of benzene rings is 1. The molecule has 0 aliphatic heterocycles. The predicted molar refractivity (Wildman–Crippen MR) is 78.2 cm³/mol. The van der Waals surface area contributed by atoms with E-state index in [0.29, 0.717) is 16.4 Å². The lowest BCUT2D eigenvalue weighted by Crippen LogP contribution is -2.32. The molecule has 0 atom stereocenters. The number of nitrogens with two attached hydrogens (primary N) is 1. The van der Waals surface area contributed by atoms with E-state index < -0.39 is 11.8 Å². The number of carbonyl (C=O) groups is 2. The minimum Gasteiger partial charge on any atom is -0.361 e. The Morgan fingerprint density at radius 1 is 1.38 bits per heavy atom. The third-order valence-electron chi connectivity index (χ3n) is 2.63. The van der Waals surface area contributed by atoms with Crippen LogP contribution in [0.5, 0.6) is 0 Å². The molecule has 8 heteroatoms. The molecule has 0 spiro atoms. The van der Waals surface area contributed by atoms with Gasteiger partial charge in [0.2, 0.25) is 0 Å². The van der Waals surface area contributed by atoms with Gasteiger partial charge in [-0.2, -0.15) is 10.2 Å². The van der Waals surface area contributed by atoms with Crippen molar-refractivity contribution in [2.75, 3.05) is 0 Å². The number of nitrogens with zero attached hydrogens (tertiary/aromatic N) is 3. The molecular formula is C13H12ClN5O2. The summed E-state index contributed by atoms with van der Waals surface area (Å²) in [5, 5.41) is 8.27. The number of hydrogen-bond donors (Lipinski definition) is 2. The lowest BCUT2D eigenvalue weighted by Gasteiger charge is -2.01. The van der Waals surface area contributed by atoms with Crippen LogP contribution in [0.3, 0.4) is 0 Å². The Balaban J connectivity index is 2.26. The fourth-order valence-corrected chi connectivity index (χ4v) is 1.93. The van der Waals surface area contributed by atoms with Gasteiger partial charge in [0, 0.05) is 0 Å². The summed E-state index contributed by atoms with van der Waals surface area (Å²) in [4.78, 5) is 21.5. The van der Waals surface area contributed by atoms with Gasteiger partial charge in [-0.3, -0.25) is 9.59 Å². The minimum atomic E-state index is -1.12. The lowest BCUT2D eigenvalue weighted by molar-refractivity contribution is -0.137. The van der Waals surface area contributed by atoms with Crippen LogP contribution in [0.15, 0.2) is 35.4 Å². The van der Waals surface area contributed by atoms with Crippen LogP contribution in [0, 0.1) is 6.92 Å². The molecule has 2 rings (SSSR count). The zero-order valence-corrected chi connectivity index (χ0v) is 11.8. The minimum absolute atomic E-state index is 0.343. The van der Waals surface area contributed by atoms with Gasteiger partial charge in [0.1, 0.15) is 5.15 Å². The van der Waals surface area contributed by atoms with Crippen LogP contribution in [0.1, 0.15) is 11.3 Å². The highest BCUT2D eigenvalue weighted by atomic mass is 35.5. The largest absolute Gasteiger partial charge is 0.361 e. The number of primary amides is 1. The molecule has 0 fully saturated rings. The van der Waals surface area contributed by atoms with Crippen molar-refractivity contribution in [3.05, 3.63) is 46.7 Å². The van der Waals surface area contributed by atoms with Gasteiger partial charge in [-0.1, -0.05) is 29.8 Å². The van der Waals surface area contributed by atoms with Crippen LogP contribution in [0.4, 0.5) is 0 Å². The topological polar surface area (TPSA) is 102 Å². The van der Waals surface area contributed by atoms with Crippen LogP contribution in [-0.2, 0) is 9.59 Å². The van der Waals surface area contributed by atoms with E-state index in [1.807, 2.05) is 35.8 Å². The maximum absolute atomic E-state index is 11.0. The standard InChI is InChI=1S/C13H12ClN5O2/c1-8-10(7-16-17-13(21)12(15)20)11(14)19(18-8)9-5-3-2-4-6-9/h2-7H,1H3,(H2,15,20)(H,17,21). The summed E-state index contributed by atoms with van der Waals surface area (Å²) in [5.74, 6) is -2.12. The summed E-state index contributed by atoms with van der Waals surface area (Å²) >= 11 is 6.25. The van der Waals surface area contributed by atoms with E-state index in [1.165, 1.54) is 6.21 Å². The highest BCUT2D eigenvalue weighted by Crippen LogP contribution is 2.21. The van der Waals surface area contributed by atoms with Crippen LogP contribution < -0.4 is 11.2 Å². The Labute approximate surface area is 125 Å². The molecule has 108 valence electrons. The second-order valence-corrected chi connectivity index (χ2v) is 4.46. The average molecular weight is 306 g/mol. The van der Waals surface area contributed by atoms with Gasteiger partial charge in [-0.05, 0) is 19.1 Å². The normalized spacial score (nSPS) is 10.8. The number of aromatic nitrogens is 2. The quantitative estimate of drug-likeness (QED) is 0.497. The lowest BCUT2D eigenvalue weighted by atomic mass is 10.3. The van der Waals surface area contributed by atoms with Gasteiger partial charge in [-0.15, -0.1) is 0 Å². The third kappa shape index (κ3) is 3.26. The molecule has 0 radical (unpaired) electrons. The van der Waals surface area contributed by atoms with E-state index in [4.69, 9.17) is 17.3 Å². The number of aryl methyl sites for hydroxylation is 1. The van der Waals surface area contributed by atoms with Crippen LogP contribution >= 0.6 is 11.6 Å². The van der Waals surface area contributed by atoms with Crippen molar-refractivity contribution in [1.29, 1.82) is 0 Å². The van der Waals surface area contributed by atoms with Gasteiger partial charge >= 0.3 is 11.8 Å². The first-order valence-electron chi connectivity index (χ1n) is 5.94. The number of hydrazone groups is 1. The summed E-state index contributed by atoms with van der Waals surface area (Å²) in [5.41, 5.74) is 8.74. The molecule has 7 nitrogen and oxygen atoms in total. The number of hydrogen-bond acceptors (Lipinski definition) is 4. The maximum atomic E-state index is 11.0. The molecule has 0 unspecified atom stereocenters. The van der Waals surface area contributed by atoms with E-state index >= 15 is 0 Å². The fraction of sp³-hybridized carbons (Fsp3) is 0.0769. The monoisotopic (exact) mass is 305 g/mol. The Hall–Kier alpha value is -2.67. The van der Waals surface area contributed by atoms with Crippen LogP contribution in [-0.4, -0.2) is 27.8 Å². The van der Waals surface area contributed by atoms with E-state index in [0.717, 1.165) is 5.69 Å². The number of para-hydroxylation sites is 1. The summed E-state index contributed by atoms with van der Waals surface area (Å²) in [6.07, 6.45) is 1.31. The van der Waals surface area contributed by atoms with Crippen molar-refractivity contribution in [1.82, 2.24) is 15.2 Å². The summed E-state index contributed by atoms with van der Waals surface area (Å²) in [7, 11) is 0. The van der Waals surface area contributed by atoms with Gasteiger partial charge in [-0.25, -0.2) is 10.1 Å². The molecule has 1 heterocycles. The molecule has 1 aromatic heterocycles. The summed E-state index contributed by atoms with van der Waals surface area (Å²) in [6.45, 7) is 1.75. The number of nitrogens with one attached hydrogen (secondary N) is 1. The van der Waals surface area contributed by atoms with Crippen molar-refractivity contribution in [2.24, 2.45) is 10.8 Å². The molecule has 0 bridgehead atoms. The first kappa shape index (κ1) is 14.7. The van der Waals surface area contributed by atoms with Crippen LogP contribution in [0.25, 0.3) is 5.69 Å². The van der Waals surface area contributed by atoms with Crippen molar-refractivity contribution in [2.45, 2.75) is 6.92 Å². The van der Waals surface area contributed by atoms with Gasteiger partial charge in [0.25, 0.3) is 0 Å². The van der Waals surface area contributed by atoms with Gasteiger partial charge < -0.3 is 5.73 Å². The van der Waals surface area contributed by atoms with Crippen molar-refractivity contribution in [3.8, 4) is 5.69 Å². The summed E-state index contributed by atoms with van der Waals surface area (Å²) < 4.78 is 1.55. The fourth-order valence-electron chi connectivity index (χ4n) is 1.61. The number of carbonyl (C=O) groups excluding carboxylic acids is 2. The number of rotatable bonds is 3. The zero-order valence-electron chi connectivity index (χ0n) is 11.1. The first-order valence-corrected chi connectivity index (χ1v) is 6.32. The smallest absolute Gasteiger partial charge is 0.329 e. The Morgan fingerprint density at radius 3 is 2.67 bits per heavy atom. The van der Waals surface area contributed by atoms with E-state index in [-0.39, 0.29) is 0 Å². The highest BCUT2D eigenvalue weighted by Gasteiger charge is 2.13. The molecule has 3 N–H and O–H groups in total. The molecular weight excluding hydrogens is 294 g/mol. The average Bonchev–Trinajstić information content (AvgIpc) is 2.75. The van der Waals surface area contributed by atoms with Crippen LogP contribution in [0.2, 0.25) is 5.15 Å². The molecule has 0 saturated carbocycles. The van der Waals surface area contributed by atoms with Gasteiger partial charge in [0.05, 0.1) is 23.2 Å². The van der Waals surface area contributed by atoms with Gasteiger partial charge in [0.15, 0.2) is 0 Å². The molecule has 0 aliphatic carbocycles. The molecule has 0 saturated heterocycles. The SMILES string of the molecule is Cc1nn(-c2ccccc2)c(Cl)c1C=NNC(=O)C(N)=O. The maximum Gasteiger partial charge on any atom is 0.329 e. The van der Waals surface area contributed by atoms with E-state index in [2.05, 4.69) is 10.2 Å². The molecule has 1 aromatic carbocycles. The predicted octanol–water partition coefficient (Wildman–Crippen LogP) is 0.770. The number of halogens is 1. The second-order valence-electron chi connectivity index (χ2n) is 4.10. The highest BCUT2D eigenvalue weighted by molar-refractivity contribution is 6.34. The molecule has 2 amide bonds. The first-order chi connectivity index (χ1) is 10.0. The molecule has 0 aliphatic rings.